The van der Waals surface area contributed by atoms with Crippen LogP contribution in [0.5, 0.6) is 0 Å². The van der Waals surface area contributed by atoms with Crippen molar-refractivity contribution in [2.24, 2.45) is 5.92 Å². The maximum Gasteiger partial charge on any atom is 0.414 e. The zero-order valence-electron chi connectivity index (χ0n) is 11.5. The molecule has 1 aromatic rings. The molecule has 0 spiro atoms. The monoisotopic (exact) mass is 275 g/mol. The van der Waals surface area contributed by atoms with Crippen molar-refractivity contribution in [3.05, 3.63) is 18.2 Å². The first-order chi connectivity index (χ1) is 9.66. The van der Waals surface area contributed by atoms with Crippen LogP contribution >= 0.6 is 0 Å². The predicted molar refractivity (Wildman–Crippen MR) is 79.5 cm³/mol. The lowest BCUT2D eigenvalue weighted by Gasteiger charge is -2.31. The van der Waals surface area contributed by atoms with Crippen LogP contribution in [0.15, 0.2) is 18.2 Å². The molecule has 3 rings (SSSR count). The van der Waals surface area contributed by atoms with E-state index in [4.69, 9.17) is 16.2 Å². The van der Waals surface area contributed by atoms with Gasteiger partial charge in [-0.2, -0.15) is 0 Å². The first-order valence-electron chi connectivity index (χ1n) is 7.28. The Hall–Kier alpha value is -1.91. The van der Waals surface area contributed by atoms with Crippen molar-refractivity contribution >= 4 is 23.2 Å². The highest BCUT2D eigenvalue weighted by atomic mass is 16.6. The molecule has 1 aliphatic heterocycles. The lowest BCUT2D eigenvalue weighted by Crippen LogP contribution is -2.40. The average molecular weight is 275 g/mol. The third-order valence-electron chi connectivity index (χ3n) is 4.45. The Morgan fingerprint density at radius 2 is 1.85 bits per heavy atom. The Labute approximate surface area is 118 Å². The van der Waals surface area contributed by atoms with Gasteiger partial charge in [0.05, 0.1) is 17.4 Å². The van der Waals surface area contributed by atoms with Gasteiger partial charge in [-0.05, 0) is 37.0 Å². The lowest BCUT2D eigenvalue weighted by molar-refractivity contribution is 0.173. The Kier molecular flexibility index (Phi) is 3.42. The van der Waals surface area contributed by atoms with Crippen LogP contribution in [0.25, 0.3) is 0 Å². The fourth-order valence-electron chi connectivity index (χ4n) is 3.31. The van der Waals surface area contributed by atoms with Crippen molar-refractivity contribution in [2.45, 2.75) is 38.1 Å². The van der Waals surface area contributed by atoms with E-state index in [1.54, 1.807) is 17.0 Å². The number of amides is 1. The number of carbonyl (C=O) groups is 1. The number of cyclic esters (lactones) is 1. The molecule has 5 nitrogen and oxygen atoms in total. The van der Waals surface area contributed by atoms with Crippen molar-refractivity contribution in [1.82, 2.24) is 0 Å². The summed E-state index contributed by atoms with van der Waals surface area (Å²) >= 11 is 0. The minimum absolute atomic E-state index is 0.130. The number of nitrogens with zero attached hydrogens (tertiary/aromatic N) is 1. The Bertz CT molecular complexity index is 512. The van der Waals surface area contributed by atoms with Gasteiger partial charge in [0.1, 0.15) is 6.61 Å². The molecular formula is C15H21N3O2. The SMILES string of the molecule is Nc1ccc(N2C(=O)OC[C@@H]2C2CCCCC2)cc1N. The van der Waals surface area contributed by atoms with Crippen LogP contribution in [-0.2, 0) is 4.74 Å². The van der Waals surface area contributed by atoms with Crippen molar-refractivity contribution in [3.8, 4) is 0 Å². The highest BCUT2D eigenvalue weighted by Crippen LogP contribution is 2.35. The van der Waals surface area contributed by atoms with E-state index in [1.165, 1.54) is 32.1 Å². The molecule has 4 N–H and O–H groups in total. The average Bonchev–Trinajstić information content (AvgIpc) is 2.85. The van der Waals surface area contributed by atoms with Gasteiger partial charge in [0.2, 0.25) is 0 Å². The van der Waals surface area contributed by atoms with E-state index in [0.29, 0.717) is 23.9 Å². The number of hydrogen-bond donors (Lipinski definition) is 2. The van der Waals surface area contributed by atoms with E-state index in [2.05, 4.69) is 0 Å². The summed E-state index contributed by atoms with van der Waals surface area (Å²) in [5, 5.41) is 0. The molecule has 2 aliphatic rings. The van der Waals surface area contributed by atoms with Gasteiger partial charge in [0, 0.05) is 5.69 Å². The van der Waals surface area contributed by atoms with E-state index in [-0.39, 0.29) is 12.1 Å². The fourth-order valence-corrected chi connectivity index (χ4v) is 3.31. The van der Waals surface area contributed by atoms with Crippen LogP contribution in [0.3, 0.4) is 0 Å². The summed E-state index contributed by atoms with van der Waals surface area (Å²) < 4.78 is 5.27. The van der Waals surface area contributed by atoms with Crippen LogP contribution in [0.2, 0.25) is 0 Å². The first-order valence-corrected chi connectivity index (χ1v) is 7.28. The fraction of sp³-hybridized carbons (Fsp3) is 0.533. The van der Waals surface area contributed by atoms with E-state index < -0.39 is 0 Å². The molecule has 1 saturated carbocycles. The van der Waals surface area contributed by atoms with Crippen LogP contribution in [0.4, 0.5) is 21.9 Å². The minimum atomic E-state index is -0.273. The van der Waals surface area contributed by atoms with Gasteiger partial charge in [0.25, 0.3) is 0 Å². The van der Waals surface area contributed by atoms with Gasteiger partial charge in [-0.25, -0.2) is 4.79 Å². The quantitative estimate of drug-likeness (QED) is 0.813. The predicted octanol–water partition coefficient (Wildman–Crippen LogP) is 2.76. The number of nitrogen functional groups attached to an aromatic ring is 2. The zero-order valence-corrected chi connectivity index (χ0v) is 11.5. The zero-order chi connectivity index (χ0) is 14.1. The number of benzene rings is 1. The number of ether oxygens (including phenoxy) is 1. The molecule has 1 aromatic carbocycles. The standard InChI is InChI=1S/C15H21N3O2/c16-12-7-6-11(8-13(12)17)18-14(9-20-15(18)19)10-4-2-1-3-5-10/h6-8,10,14H,1-5,9,16-17H2/t14-/m1/s1. The maximum atomic E-state index is 12.1. The second kappa shape index (κ2) is 5.23. The van der Waals surface area contributed by atoms with E-state index in [1.807, 2.05) is 6.07 Å². The normalized spacial score (nSPS) is 23.9. The van der Waals surface area contributed by atoms with Gasteiger partial charge < -0.3 is 16.2 Å². The summed E-state index contributed by atoms with van der Waals surface area (Å²) in [4.78, 5) is 13.8. The van der Waals surface area contributed by atoms with Gasteiger partial charge in [-0.1, -0.05) is 19.3 Å². The van der Waals surface area contributed by atoms with Gasteiger partial charge in [0.15, 0.2) is 0 Å². The van der Waals surface area contributed by atoms with E-state index >= 15 is 0 Å². The summed E-state index contributed by atoms with van der Waals surface area (Å²) in [5.41, 5.74) is 13.4. The Morgan fingerprint density at radius 3 is 2.55 bits per heavy atom. The van der Waals surface area contributed by atoms with Gasteiger partial charge >= 0.3 is 6.09 Å². The molecule has 1 aliphatic carbocycles. The van der Waals surface area contributed by atoms with Crippen LogP contribution < -0.4 is 16.4 Å². The molecule has 1 heterocycles. The van der Waals surface area contributed by atoms with Crippen LogP contribution in [0.1, 0.15) is 32.1 Å². The molecule has 0 radical (unpaired) electrons. The molecule has 108 valence electrons. The lowest BCUT2D eigenvalue weighted by atomic mass is 9.83. The molecule has 1 atom stereocenters. The van der Waals surface area contributed by atoms with Crippen LogP contribution in [0, 0.1) is 5.92 Å². The molecular weight excluding hydrogens is 254 g/mol. The third kappa shape index (κ3) is 2.28. The smallest absolute Gasteiger partial charge is 0.414 e. The van der Waals surface area contributed by atoms with Crippen molar-refractivity contribution in [1.29, 1.82) is 0 Å². The molecule has 0 aromatic heterocycles. The first kappa shape index (κ1) is 13.1. The number of carbonyl (C=O) groups excluding carboxylic acids is 1. The molecule has 20 heavy (non-hydrogen) atoms. The number of anilines is 3. The molecule has 2 fully saturated rings. The molecule has 1 amide bonds. The highest BCUT2D eigenvalue weighted by molar-refractivity contribution is 5.91. The molecule has 0 bridgehead atoms. The largest absolute Gasteiger partial charge is 0.447 e. The maximum absolute atomic E-state index is 12.1. The summed E-state index contributed by atoms with van der Waals surface area (Å²) in [5.74, 6) is 0.522. The molecule has 0 unspecified atom stereocenters. The molecule has 1 saturated heterocycles. The second-order valence-corrected chi connectivity index (χ2v) is 5.73. The second-order valence-electron chi connectivity index (χ2n) is 5.73. The van der Waals surface area contributed by atoms with Crippen molar-refractivity contribution in [3.63, 3.8) is 0 Å². The van der Waals surface area contributed by atoms with Crippen LogP contribution in [-0.4, -0.2) is 18.7 Å². The van der Waals surface area contributed by atoms with Gasteiger partial charge in [-0.15, -0.1) is 0 Å². The summed E-state index contributed by atoms with van der Waals surface area (Å²) in [6, 6.07) is 5.48. The Morgan fingerprint density at radius 1 is 1.10 bits per heavy atom. The van der Waals surface area contributed by atoms with E-state index in [0.717, 1.165) is 5.69 Å². The number of nitrogens with two attached hydrogens (primary N) is 2. The Balaban J connectivity index is 1.87. The van der Waals surface area contributed by atoms with Crippen molar-refractivity contribution in [2.75, 3.05) is 23.0 Å². The molecule has 5 heteroatoms. The third-order valence-corrected chi connectivity index (χ3v) is 4.45. The number of hydrogen-bond acceptors (Lipinski definition) is 4. The minimum Gasteiger partial charge on any atom is -0.447 e. The van der Waals surface area contributed by atoms with Crippen molar-refractivity contribution < 1.29 is 9.53 Å². The summed E-state index contributed by atoms with van der Waals surface area (Å²) in [7, 11) is 0. The summed E-state index contributed by atoms with van der Waals surface area (Å²) in [6.45, 7) is 0.480. The highest BCUT2D eigenvalue weighted by Gasteiger charge is 2.39. The topological polar surface area (TPSA) is 81.6 Å². The van der Waals surface area contributed by atoms with E-state index in [9.17, 15) is 4.79 Å². The summed E-state index contributed by atoms with van der Waals surface area (Å²) in [6.07, 6.45) is 5.85. The number of rotatable bonds is 2. The van der Waals surface area contributed by atoms with Gasteiger partial charge in [-0.3, -0.25) is 4.90 Å².